The predicted octanol–water partition coefficient (Wildman–Crippen LogP) is 4.27. The molecule has 3 nitrogen and oxygen atoms in total. The van der Waals surface area contributed by atoms with Crippen LogP contribution in [0.3, 0.4) is 0 Å². The zero-order valence-corrected chi connectivity index (χ0v) is 14.0. The fraction of sp³-hybridized carbons (Fsp3) is 0.562. The first-order chi connectivity index (χ1) is 9.97. The number of hydrogen-bond acceptors (Lipinski definition) is 3. The van der Waals surface area contributed by atoms with Gasteiger partial charge in [-0.3, -0.25) is 0 Å². The fourth-order valence-corrected chi connectivity index (χ4v) is 3.13. The molecule has 0 aromatic heterocycles. The van der Waals surface area contributed by atoms with Gasteiger partial charge in [0.25, 0.3) is 0 Å². The highest BCUT2D eigenvalue weighted by atomic mass is 35.5. The minimum atomic E-state index is -0.316. The summed E-state index contributed by atoms with van der Waals surface area (Å²) in [6.07, 6.45) is 4.36. The molecule has 21 heavy (non-hydrogen) atoms. The van der Waals surface area contributed by atoms with E-state index in [4.69, 9.17) is 27.9 Å². The van der Waals surface area contributed by atoms with E-state index in [9.17, 15) is 4.79 Å². The molecule has 0 amide bonds. The Kier molecular flexibility index (Phi) is 5.91. The summed E-state index contributed by atoms with van der Waals surface area (Å²) in [6, 6.07) is 4.84. The maximum Gasteiger partial charge on any atom is 0.338 e. The number of benzene rings is 1. The number of ether oxygens (including phenoxy) is 1. The Bertz CT molecular complexity index is 505. The molecule has 5 heteroatoms. The molecule has 0 radical (unpaired) electrons. The van der Waals surface area contributed by atoms with E-state index in [2.05, 4.69) is 4.90 Å². The van der Waals surface area contributed by atoms with Crippen molar-refractivity contribution in [1.82, 2.24) is 4.90 Å². The van der Waals surface area contributed by atoms with Crippen LogP contribution in [0.1, 0.15) is 36.0 Å². The van der Waals surface area contributed by atoms with Crippen molar-refractivity contribution in [1.29, 1.82) is 0 Å². The molecule has 1 aromatic carbocycles. The van der Waals surface area contributed by atoms with Crippen LogP contribution in [0.4, 0.5) is 0 Å². The van der Waals surface area contributed by atoms with Gasteiger partial charge in [-0.2, -0.15) is 0 Å². The number of rotatable bonds is 4. The third kappa shape index (κ3) is 4.60. The molecule has 2 rings (SSSR count). The molecule has 2 atom stereocenters. The van der Waals surface area contributed by atoms with Crippen LogP contribution in [0.5, 0.6) is 0 Å². The fourth-order valence-electron chi connectivity index (χ4n) is 2.84. The van der Waals surface area contributed by atoms with E-state index >= 15 is 0 Å². The van der Waals surface area contributed by atoms with Gasteiger partial charge in [-0.05, 0) is 51.6 Å². The summed E-state index contributed by atoms with van der Waals surface area (Å²) in [5.74, 6) is 0.0877. The molecule has 0 spiro atoms. The Balaban J connectivity index is 2.04. The standard InChI is InChI=1S/C16H21Cl2NO2/c1-19(2)10-12-5-3-4-6-15(12)21-16(20)11-7-8-13(17)14(18)9-11/h7-9,12,15H,3-6,10H2,1-2H3/t12-,15+/m1/s1. The summed E-state index contributed by atoms with van der Waals surface area (Å²) in [6.45, 7) is 0.944. The zero-order chi connectivity index (χ0) is 15.4. The van der Waals surface area contributed by atoms with Crippen LogP contribution in [0.15, 0.2) is 18.2 Å². The molecule has 0 heterocycles. The summed E-state index contributed by atoms with van der Waals surface area (Å²) in [5, 5.41) is 0.816. The Morgan fingerprint density at radius 3 is 2.62 bits per heavy atom. The minimum Gasteiger partial charge on any atom is -0.458 e. The highest BCUT2D eigenvalue weighted by Gasteiger charge is 2.29. The summed E-state index contributed by atoms with van der Waals surface area (Å²) in [4.78, 5) is 14.4. The van der Waals surface area contributed by atoms with Gasteiger partial charge in [-0.1, -0.05) is 29.6 Å². The van der Waals surface area contributed by atoms with Gasteiger partial charge in [0.05, 0.1) is 15.6 Å². The van der Waals surface area contributed by atoms with Gasteiger partial charge in [0.2, 0.25) is 0 Å². The first-order valence-electron chi connectivity index (χ1n) is 7.28. The molecule has 0 aliphatic heterocycles. The van der Waals surface area contributed by atoms with E-state index in [1.165, 1.54) is 6.42 Å². The van der Waals surface area contributed by atoms with Crippen LogP contribution in [0, 0.1) is 5.92 Å². The Morgan fingerprint density at radius 1 is 1.24 bits per heavy atom. The van der Waals surface area contributed by atoms with Crippen molar-refractivity contribution in [3.63, 3.8) is 0 Å². The van der Waals surface area contributed by atoms with Crippen molar-refractivity contribution in [2.45, 2.75) is 31.8 Å². The van der Waals surface area contributed by atoms with Crippen LogP contribution >= 0.6 is 23.2 Å². The average molecular weight is 330 g/mol. The number of carbonyl (C=O) groups is 1. The predicted molar refractivity (Wildman–Crippen MR) is 86.2 cm³/mol. The van der Waals surface area contributed by atoms with Crippen LogP contribution in [0.2, 0.25) is 10.0 Å². The summed E-state index contributed by atoms with van der Waals surface area (Å²) in [7, 11) is 4.10. The lowest BCUT2D eigenvalue weighted by molar-refractivity contribution is -0.00324. The number of esters is 1. The Morgan fingerprint density at radius 2 is 1.95 bits per heavy atom. The normalized spacial score (nSPS) is 22.3. The average Bonchev–Trinajstić information content (AvgIpc) is 2.43. The Labute approximate surface area is 136 Å². The third-order valence-electron chi connectivity index (χ3n) is 3.85. The smallest absolute Gasteiger partial charge is 0.338 e. The molecular weight excluding hydrogens is 309 g/mol. The van der Waals surface area contributed by atoms with Gasteiger partial charge in [-0.25, -0.2) is 4.79 Å². The number of nitrogens with zero attached hydrogens (tertiary/aromatic N) is 1. The van der Waals surface area contributed by atoms with E-state index in [1.54, 1.807) is 18.2 Å². The SMILES string of the molecule is CN(C)C[C@H]1CCCC[C@@H]1OC(=O)c1ccc(Cl)c(Cl)c1. The van der Waals surface area contributed by atoms with E-state index in [1.807, 2.05) is 14.1 Å². The molecular formula is C16H21Cl2NO2. The van der Waals surface area contributed by atoms with Crippen molar-refractivity contribution in [3.05, 3.63) is 33.8 Å². The molecule has 1 fully saturated rings. The summed E-state index contributed by atoms with van der Waals surface area (Å²) < 4.78 is 5.72. The van der Waals surface area contributed by atoms with Crippen molar-refractivity contribution < 1.29 is 9.53 Å². The van der Waals surface area contributed by atoms with Crippen molar-refractivity contribution in [2.75, 3.05) is 20.6 Å². The van der Waals surface area contributed by atoms with Gasteiger partial charge in [0.15, 0.2) is 0 Å². The Hall–Kier alpha value is -0.770. The highest BCUT2D eigenvalue weighted by Crippen LogP contribution is 2.29. The van der Waals surface area contributed by atoms with Crippen molar-refractivity contribution >= 4 is 29.2 Å². The lowest BCUT2D eigenvalue weighted by Crippen LogP contribution is -2.36. The quantitative estimate of drug-likeness (QED) is 0.772. The highest BCUT2D eigenvalue weighted by molar-refractivity contribution is 6.42. The van der Waals surface area contributed by atoms with E-state index < -0.39 is 0 Å². The maximum absolute atomic E-state index is 12.3. The largest absolute Gasteiger partial charge is 0.458 e. The third-order valence-corrected chi connectivity index (χ3v) is 4.59. The topological polar surface area (TPSA) is 29.5 Å². The second-order valence-corrected chi connectivity index (χ2v) is 6.69. The molecule has 1 aromatic rings. The minimum absolute atomic E-state index is 0.0110. The molecule has 1 saturated carbocycles. The van der Waals surface area contributed by atoms with Gasteiger partial charge in [0.1, 0.15) is 6.10 Å². The van der Waals surface area contributed by atoms with Crippen LogP contribution in [-0.4, -0.2) is 37.6 Å². The van der Waals surface area contributed by atoms with E-state index in [0.717, 1.165) is 25.8 Å². The van der Waals surface area contributed by atoms with Crippen molar-refractivity contribution in [2.24, 2.45) is 5.92 Å². The monoisotopic (exact) mass is 329 g/mol. The molecule has 0 bridgehead atoms. The number of hydrogen-bond donors (Lipinski definition) is 0. The zero-order valence-electron chi connectivity index (χ0n) is 12.4. The summed E-state index contributed by atoms with van der Waals surface area (Å²) in [5.41, 5.74) is 0.457. The molecule has 0 N–H and O–H groups in total. The van der Waals surface area contributed by atoms with Gasteiger partial charge in [0, 0.05) is 12.5 Å². The molecule has 1 aliphatic carbocycles. The van der Waals surface area contributed by atoms with Gasteiger partial charge in [-0.15, -0.1) is 0 Å². The van der Waals surface area contributed by atoms with Crippen LogP contribution in [-0.2, 0) is 4.74 Å². The molecule has 1 aliphatic rings. The molecule has 116 valence electrons. The maximum atomic E-state index is 12.3. The van der Waals surface area contributed by atoms with E-state index in [-0.39, 0.29) is 12.1 Å². The molecule has 0 unspecified atom stereocenters. The lowest BCUT2D eigenvalue weighted by atomic mass is 9.86. The first-order valence-corrected chi connectivity index (χ1v) is 8.03. The van der Waals surface area contributed by atoms with Crippen LogP contribution < -0.4 is 0 Å². The molecule has 0 saturated heterocycles. The van der Waals surface area contributed by atoms with Gasteiger partial charge < -0.3 is 9.64 Å². The first kappa shape index (κ1) is 16.6. The summed E-state index contributed by atoms with van der Waals surface area (Å²) >= 11 is 11.8. The van der Waals surface area contributed by atoms with Crippen LogP contribution in [0.25, 0.3) is 0 Å². The lowest BCUT2D eigenvalue weighted by Gasteiger charge is -2.32. The number of halogens is 2. The van der Waals surface area contributed by atoms with Crippen molar-refractivity contribution in [3.8, 4) is 0 Å². The second kappa shape index (κ2) is 7.48. The van der Waals surface area contributed by atoms with Gasteiger partial charge >= 0.3 is 5.97 Å². The number of carbonyl (C=O) groups excluding carboxylic acids is 1. The second-order valence-electron chi connectivity index (χ2n) is 5.88. The van der Waals surface area contributed by atoms with E-state index in [0.29, 0.717) is 21.5 Å².